The fourth-order valence-electron chi connectivity index (χ4n) is 1.69. The predicted molar refractivity (Wildman–Crippen MR) is 69.2 cm³/mol. The second kappa shape index (κ2) is 4.69. The summed E-state index contributed by atoms with van der Waals surface area (Å²) in [6, 6.07) is 9.05. The highest BCUT2D eigenvalue weighted by Crippen LogP contribution is 2.30. The molecule has 19 heavy (non-hydrogen) atoms. The summed E-state index contributed by atoms with van der Waals surface area (Å²) < 4.78 is 0. The van der Waals surface area contributed by atoms with Crippen LogP contribution >= 0.6 is 11.8 Å². The van der Waals surface area contributed by atoms with Crippen molar-refractivity contribution in [3.63, 3.8) is 0 Å². The van der Waals surface area contributed by atoms with E-state index in [0.29, 0.717) is 10.2 Å². The molecule has 0 unspecified atom stereocenters. The third kappa shape index (κ3) is 2.27. The minimum absolute atomic E-state index is 0.0146. The lowest BCUT2D eigenvalue weighted by molar-refractivity contribution is 0.0690. The third-order valence-electron chi connectivity index (χ3n) is 2.51. The van der Waals surface area contributed by atoms with Gasteiger partial charge in [-0.25, -0.2) is 14.8 Å². The second-order valence-electron chi connectivity index (χ2n) is 3.73. The molecule has 3 rings (SSSR count). The fraction of sp³-hybridized carbons (Fsp3) is 0. The normalized spacial score (nSPS) is 10.7. The van der Waals surface area contributed by atoms with E-state index in [1.165, 1.54) is 18.1 Å². The van der Waals surface area contributed by atoms with Crippen molar-refractivity contribution in [2.75, 3.05) is 0 Å². The van der Waals surface area contributed by atoms with Crippen LogP contribution in [-0.4, -0.2) is 31.2 Å². The third-order valence-corrected chi connectivity index (χ3v) is 3.41. The van der Waals surface area contributed by atoms with E-state index in [9.17, 15) is 4.79 Å². The van der Waals surface area contributed by atoms with Crippen LogP contribution in [0.15, 0.2) is 46.8 Å². The first-order valence-corrected chi connectivity index (χ1v) is 6.22. The first-order valence-electron chi connectivity index (χ1n) is 5.40. The maximum atomic E-state index is 11.1. The molecule has 6 nitrogen and oxygen atoms in total. The van der Waals surface area contributed by atoms with Crippen molar-refractivity contribution >= 4 is 28.5 Å². The number of aromatic amines is 1. The minimum Gasteiger partial charge on any atom is -0.477 e. The molecule has 1 aromatic carbocycles. The molecule has 0 aliphatic rings. The smallest absolute Gasteiger partial charge is 0.354 e. The Kier molecular flexibility index (Phi) is 2.88. The topological polar surface area (TPSA) is 91.8 Å². The zero-order valence-corrected chi connectivity index (χ0v) is 10.4. The van der Waals surface area contributed by atoms with Crippen LogP contribution in [0.4, 0.5) is 0 Å². The quantitative estimate of drug-likeness (QED) is 0.759. The van der Waals surface area contributed by atoms with Gasteiger partial charge in [0, 0.05) is 5.39 Å². The van der Waals surface area contributed by atoms with Crippen LogP contribution in [0, 0.1) is 0 Å². The Hall–Kier alpha value is -2.41. The summed E-state index contributed by atoms with van der Waals surface area (Å²) in [5.74, 6) is -1.05. The largest absolute Gasteiger partial charge is 0.477 e. The van der Waals surface area contributed by atoms with Crippen LogP contribution < -0.4 is 0 Å². The number of rotatable bonds is 3. The lowest BCUT2D eigenvalue weighted by Crippen LogP contribution is -2.01. The molecule has 2 N–H and O–H groups in total. The highest BCUT2D eigenvalue weighted by molar-refractivity contribution is 7.99. The van der Waals surface area contributed by atoms with E-state index in [1.807, 2.05) is 24.3 Å². The van der Waals surface area contributed by atoms with Gasteiger partial charge in [-0.05, 0) is 23.2 Å². The van der Waals surface area contributed by atoms with E-state index < -0.39 is 5.97 Å². The Balaban J connectivity index is 2.17. The Morgan fingerprint density at radius 3 is 2.89 bits per heavy atom. The Morgan fingerprint density at radius 2 is 2.16 bits per heavy atom. The molecular weight excluding hydrogens is 264 g/mol. The molecule has 0 bridgehead atoms. The molecule has 0 spiro atoms. The number of aromatic carboxylic acids is 1. The molecule has 7 heteroatoms. The number of fused-ring (bicyclic) bond motifs is 1. The molecule has 0 atom stereocenters. The van der Waals surface area contributed by atoms with E-state index in [0.717, 1.165) is 10.8 Å². The number of pyridine rings is 1. The van der Waals surface area contributed by atoms with E-state index in [4.69, 9.17) is 5.11 Å². The van der Waals surface area contributed by atoms with Crippen molar-refractivity contribution < 1.29 is 9.90 Å². The van der Waals surface area contributed by atoms with Crippen LogP contribution in [0.1, 0.15) is 10.5 Å². The van der Waals surface area contributed by atoms with Gasteiger partial charge < -0.3 is 5.11 Å². The Bertz CT molecular complexity index is 743. The van der Waals surface area contributed by atoms with Crippen LogP contribution in [-0.2, 0) is 0 Å². The Labute approximate surface area is 111 Å². The summed E-state index contributed by atoms with van der Waals surface area (Å²) in [6.07, 6.45) is 1.39. The molecule has 0 aliphatic carbocycles. The van der Waals surface area contributed by atoms with Crippen LogP contribution in [0.5, 0.6) is 0 Å². The van der Waals surface area contributed by atoms with E-state index >= 15 is 0 Å². The van der Waals surface area contributed by atoms with Gasteiger partial charge in [0.05, 0.1) is 0 Å². The molecule has 2 heterocycles. The van der Waals surface area contributed by atoms with Crippen molar-refractivity contribution in [1.82, 2.24) is 20.2 Å². The molecule has 2 aromatic heterocycles. The fourth-order valence-corrected chi connectivity index (χ4v) is 2.51. The number of H-pyrrole nitrogens is 1. The number of aromatic nitrogens is 4. The SMILES string of the molecule is O=C(O)c1cc2ccccc2c(Sc2ncn[nH]2)n1. The van der Waals surface area contributed by atoms with Gasteiger partial charge in [-0.1, -0.05) is 24.3 Å². The van der Waals surface area contributed by atoms with Gasteiger partial charge in [0.25, 0.3) is 0 Å². The Morgan fingerprint density at radius 1 is 1.32 bits per heavy atom. The van der Waals surface area contributed by atoms with Gasteiger partial charge in [0.1, 0.15) is 17.0 Å². The van der Waals surface area contributed by atoms with Gasteiger partial charge in [-0.3, -0.25) is 5.10 Å². The summed E-state index contributed by atoms with van der Waals surface area (Å²) in [5, 5.41) is 18.4. The standard InChI is InChI=1S/C12H8N4O2S/c17-11(18)9-5-7-3-1-2-4-8(7)10(15-9)19-12-13-6-14-16-12/h1-6H,(H,17,18)(H,13,14,16). The molecule has 0 radical (unpaired) electrons. The zero-order valence-electron chi connectivity index (χ0n) is 9.57. The summed E-state index contributed by atoms with van der Waals surface area (Å²) >= 11 is 1.25. The highest BCUT2D eigenvalue weighted by atomic mass is 32.2. The van der Waals surface area contributed by atoms with E-state index in [-0.39, 0.29) is 5.69 Å². The van der Waals surface area contributed by atoms with Crippen molar-refractivity contribution in [2.45, 2.75) is 10.2 Å². The minimum atomic E-state index is -1.05. The van der Waals surface area contributed by atoms with Crippen molar-refractivity contribution in [3.8, 4) is 0 Å². The van der Waals surface area contributed by atoms with Crippen LogP contribution in [0.25, 0.3) is 10.8 Å². The number of hydrogen-bond donors (Lipinski definition) is 2. The first-order chi connectivity index (χ1) is 9.24. The number of hydrogen-bond acceptors (Lipinski definition) is 5. The molecular formula is C12H8N4O2S. The second-order valence-corrected chi connectivity index (χ2v) is 4.71. The maximum Gasteiger partial charge on any atom is 0.354 e. The van der Waals surface area contributed by atoms with Gasteiger partial charge in [-0.2, -0.15) is 5.10 Å². The summed E-state index contributed by atoms with van der Waals surface area (Å²) in [6.45, 7) is 0. The molecule has 0 aliphatic heterocycles. The first kappa shape index (κ1) is 11.7. The molecule has 3 aromatic rings. The summed E-state index contributed by atoms with van der Waals surface area (Å²) in [4.78, 5) is 19.2. The monoisotopic (exact) mass is 272 g/mol. The molecule has 0 saturated heterocycles. The van der Waals surface area contributed by atoms with Crippen LogP contribution in [0.2, 0.25) is 0 Å². The van der Waals surface area contributed by atoms with E-state index in [1.54, 1.807) is 6.07 Å². The average Bonchev–Trinajstić information content (AvgIpc) is 2.91. The number of carbonyl (C=O) groups is 1. The summed E-state index contributed by atoms with van der Waals surface area (Å²) in [5.41, 5.74) is 0.0146. The number of nitrogens with one attached hydrogen (secondary N) is 1. The zero-order chi connectivity index (χ0) is 13.2. The molecule has 0 saturated carbocycles. The molecule has 94 valence electrons. The number of carboxylic acid groups (broad SMARTS) is 1. The van der Waals surface area contributed by atoms with Crippen molar-refractivity contribution in [1.29, 1.82) is 0 Å². The average molecular weight is 272 g/mol. The van der Waals surface area contributed by atoms with Gasteiger partial charge >= 0.3 is 5.97 Å². The molecule has 0 fully saturated rings. The predicted octanol–water partition coefficient (Wildman–Crippen LogP) is 2.20. The van der Waals surface area contributed by atoms with Gasteiger partial charge in [0.2, 0.25) is 0 Å². The lowest BCUT2D eigenvalue weighted by Gasteiger charge is -2.05. The van der Waals surface area contributed by atoms with Crippen LogP contribution in [0.3, 0.4) is 0 Å². The van der Waals surface area contributed by atoms with Crippen molar-refractivity contribution in [3.05, 3.63) is 42.4 Å². The number of carboxylic acids is 1. The van der Waals surface area contributed by atoms with Gasteiger partial charge in [0.15, 0.2) is 5.16 Å². The van der Waals surface area contributed by atoms with Gasteiger partial charge in [-0.15, -0.1) is 0 Å². The maximum absolute atomic E-state index is 11.1. The lowest BCUT2D eigenvalue weighted by atomic mass is 10.1. The summed E-state index contributed by atoms with van der Waals surface area (Å²) in [7, 11) is 0. The molecule has 0 amide bonds. The number of nitrogens with zero attached hydrogens (tertiary/aromatic N) is 3. The highest BCUT2D eigenvalue weighted by Gasteiger charge is 2.12. The van der Waals surface area contributed by atoms with Crippen molar-refractivity contribution in [2.24, 2.45) is 0 Å². The number of benzene rings is 1. The van der Waals surface area contributed by atoms with E-state index in [2.05, 4.69) is 20.2 Å².